The normalized spacial score (nSPS) is 10.7. The Balaban J connectivity index is 1.58. The number of nitrogens with one attached hydrogen (secondary N) is 1. The van der Waals surface area contributed by atoms with Crippen LogP contribution < -0.4 is 10.1 Å². The van der Waals surface area contributed by atoms with Crippen LogP contribution in [0.15, 0.2) is 42.5 Å². The van der Waals surface area contributed by atoms with E-state index in [2.05, 4.69) is 10.4 Å². The third-order valence-electron chi connectivity index (χ3n) is 4.63. The van der Waals surface area contributed by atoms with Gasteiger partial charge in [-0.2, -0.15) is 5.10 Å². The molecule has 1 amide bonds. The van der Waals surface area contributed by atoms with Crippen LogP contribution in [-0.2, 0) is 13.2 Å². The number of nitro groups is 1. The van der Waals surface area contributed by atoms with Gasteiger partial charge in [-0.1, -0.05) is 41.4 Å². The maximum absolute atomic E-state index is 12.5. The lowest BCUT2D eigenvalue weighted by atomic mass is 10.1. The number of rotatable bonds is 8. The van der Waals surface area contributed by atoms with Crippen LogP contribution in [0.5, 0.6) is 5.75 Å². The molecule has 162 valence electrons. The molecule has 0 aliphatic heterocycles. The monoisotopic (exact) mass is 462 g/mol. The third kappa shape index (κ3) is 5.34. The van der Waals surface area contributed by atoms with Crippen molar-refractivity contribution in [3.8, 4) is 5.75 Å². The van der Waals surface area contributed by atoms with Gasteiger partial charge < -0.3 is 10.1 Å². The average Bonchev–Trinajstić information content (AvgIpc) is 3.02. The topological polar surface area (TPSA) is 99.3 Å². The maximum Gasteiger partial charge on any atom is 0.312 e. The average molecular weight is 463 g/mol. The Kier molecular flexibility index (Phi) is 7.14. The Bertz CT molecular complexity index is 1130. The van der Waals surface area contributed by atoms with Crippen LogP contribution in [0.25, 0.3) is 0 Å². The molecule has 2 aromatic carbocycles. The number of aryl methyl sites for hydroxylation is 1. The zero-order valence-corrected chi connectivity index (χ0v) is 18.4. The number of amides is 1. The highest BCUT2D eigenvalue weighted by atomic mass is 35.5. The molecule has 3 aromatic rings. The Morgan fingerprint density at radius 3 is 2.68 bits per heavy atom. The second-order valence-electron chi connectivity index (χ2n) is 6.80. The first-order chi connectivity index (χ1) is 14.8. The Labute approximate surface area is 188 Å². The zero-order valence-electron chi connectivity index (χ0n) is 16.9. The zero-order chi connectivity index (χ0) is 22.5. The van der Waals surface area contributed by atoms with Crippen LogP contribution in [-0.4, -0.2) is 27.2 Å². The number of halogens is 2. The van der Waals surface area contributed by atoms with Gasteiger partial charge in [0.1, 0.15) is 28.8 Å². The molecule has 1 heterocycles. The maximum atomic E-state index is 12.5. The molecule has 0 saturated carbocycles. The Morgan fingerprint density at radius 2 is 1.97 bits per heavy atom. The van der Waals surface area contributed by atoms with Crippen LogP contribution in [0.2, 0.25) is 10.0 Å². The standard InChI is InChI=1S/C21H20Cl2N4O4/c1-13-20(27(29)30)14(2)26(25-13)10-9-24-21(28)16-6-3-5-15(11-16)12-31-18-8-4-7-17(22)19(18)23/h3-8,11H,9-10,12H2,1-2H3,(H,24,28). The summed E-state index contributed by atoms with van der Waals surface area (Å²) in [6.07, 6.45) is 0. The van der Waals surface area contributed by atoms with E-state index >= 15 is 0 Å². The second-order valence-corrected chi connectivity index (χ2v) is 7.58. The van der Waals surface area contributed by atoms with Crippen LogP contribution in [0.1, 0.15) is 27.3 Å². The molecule has 0 aliphatic carbocycles. The lowest BCUT2D eigenvalue weighted by Crippen LogP contribution is -2.27. The highest BCUT2D eigenvalue weighted by Gasteiger charge is 2.21. The van der Waals surface area contributed by atoms with Crippen LogP contribution >= 0.6 is 23.2 Å². The number of carbonyl (C=O) groups is 1. The summed E-state index contributed by atoms with van der Waals surface area (Å²) in [4.78, 5) is 23.1. The summed E-state index contributed by atoms with van der Waals surface area (Å²) >= 11 is 12.1. The number of hydrogen-bond acceptors (Lipinski definition) is 5. The molecule has 0 spiro atoms. The molecule has 0 unspecified atom stereocenters. The number of hydrogen-bond donors (Lipinski definition) is 1. The fourth-order valence-corrected chi connectivity index (χ4v) is 3.45. The highest BCUT2D eigenvalue weighted by Crippen LogP contribution is 2.32. The molecular weight excluding hydrogens is 443 g/mol. The summed E-state index contributed by atoms with van der Waals surface area (Å²) in [5.41, 5.74) is 2.06. The summed E-state index contributed by atoms with van der Waals surface area (Å²) < 4.78 is 7.23. The van der Waals surface area contributed by atoms with Crippen molar-refractivity contribution in [2.75, 3.05) is 6.54 Å². The molecule has 0 fully saturated rings. The molecule has 10 heteroatoms. The predicted octanol–water partition coefficient (Wildman–Crippen LogP) is 4.72. The molecule has 0 radical (unpaired) electrons. The van der Waals surface area contributed by atoms with E-state index in [-0.39, 0.29) is 24.7 Å². The summed E-state index contributed by atoms with van der Waals surface area (Å²) in [6.45, 7) is 4.04. The molecule has 31 heavy (non-hydrogen) atoms. The summed E-state index contributed by atoms with van der Waals surface area (Å²) in [5, 5.41) is 18.8. The van der Waals surface area contributed by atoms with E-state index in [1.165, 1.54) is 4.68 Å². The molecule has 8 nitrogen and oxygen atoms in total. The second kappa shape index (κ2) is 9.80. The van der Waals surface area contributed by atoms with Gasteiger partial charge in [0.05, 0.1) is 16.5 Å². The van der Waals surface area contributed by atoms with Crippen molar-refractivity contribution in [1.82, 2.24) is 15.1 Å². The van der Waals surface area contributed by atoms with Crippen LogP contribution in [0.4, 0.5) is 5.69 Å². The number of nitrogens with zero attached hydrogens (tertiary/aromatic N) is 3. The van der Waals surface area contributed by atoms with E-state index in [4.69, 9.17) is 27.9 Å². The van der Waals surface area contributed by atoms with Gasteiger partial charge in [-0.15, -0.1) is 0 Å². The van der Waals surface area contributed by atoms with Crippen molar-refractivity contribution >= 4 is 34.8 Å². The lowest BCUT2D eigenvalue weighted by Gasteiger charge is -2.10. The number of aromatic nitrogens is 2. The first-order valence-electron chi connectivity index (χ1n) is 9.40. The predicted molar refractivity (Wildman–Crippen MR) is 118 cm³/mol. The van der Waals surface area contributed by atoms with Crippen molar-refractivity contribution in [1.29, 1.82) is 0 Å². The van der Waals surface area contributed by atoms with Crippen molar-refractivity contribution in [2.45, 2.75) is 27.0 Å². The summed E-state index contributed by atoms with van der Waals surface area (Å²) in [5.74, 6) is 0.196. The van der Waals surface area contributed by atoms with Crippen molar-refractivity contribution in [2.24, 2.45) is 0 Å². The molecular formula is C21H20Cl2N4O4. The Morgan fingerprint density at radius 1 is 1.23 bits per heavy atom. The van der Waals surface area contributed by atoms with Gasteiger partial charge in [0.15, 0.2) is 0 Å². The smallest absolute Gasteiger partial charge is 0.312 e. The van der Waals surface area contributed by atoms with E-state index in [0.717, 1.165) is 5.56 Å². The van der Waals surface area contributed by atoms with Crippen LogP contribution in [0.3, 0.4) is 0 Å². The first-order valence-corrected chi connectivity index (χ1v) is 10.2. The fourth-order valence-electron chi connectivity index (χ4n) is 3.11. The lowest BCUT2D eigenvalue weighted by molar-refractivity contribution is -0.386. The largest absolute Gasteiger partial charge is 0.487 e. The van der Waals surface area contributed by atoms with Gasteiger partial charge in [-0.25, -0.2) is 0 Å². The van der Waals surface area contributed by atoms with Crippen molar-refractivity contribution in [3.63, 3.8) is 0 Å². The molecule has 0 bridgehead atoms. The quantitative estimate of drug-likeness (QED) is 0.385. The van der Waals surface area contributed by atoms with E-state index in [0.29, 0.717) is 39.3 Å². The first kappa shape index (κ1) is 22.6. The van der Waals surface area contributed by atoms with E-state index in [1.54, 1.807) is 50.2 Å². The van der Waals surface area contributed by atoms with Crippen LogP contribution in [0, 0.1) is 24.0 Å². The number of carbonyl (C=O) groups excluding carboxylic acids is 1. The summed E-state index contributed by atoms with van der Waals surface area (Å²) in [6, 6.07) is 12.1. The summed E-state index contributed by atoms with van der Waals surface area (Å²) in [7, 11) is 0. The SMILES string of the molecule is Cc1nn(CCNC(=O)c2cccc(COc3cccc(Cl)c3Cl)c2)c(C)c1[N+](=O)[O-]. The van der Waals surface area contributed by atoms with E-state index < -0.39 is 4.92 Å². The van der Waals surface area contributed by atoms with Crippen molar-refractivity contribution < 1.29 is 14.5 Å². The van der Waals surface area contributed by atoms with E-state index in [1.807, 2.05) is 6.07 Å². The van der Waals surface area contributed by atoms with Gasteiger partial charge in [0, 0.05) is 12.1 Å². The Hall–Kier alpha value is -3.10. The minimum Gasteiger partial charge on any atom is -0.487 e. The fraction of sp³-hybridized carbons (Fsp3) is 0.238. The highest BCUT2D eigenvalue weighted by molar-refractivity contribution is 6.42. The van der Waals surface area contributed by atoms with Gasteiger partial charge in [0.25, 0.3) is 5.91 Å². The third-order valence-corrected chi connectivity index (χ3v) is 5.44. The molecule has 3 rings (SSSR count). The minimum absolute atomic E-state index is 0.00108. The number of ether oxygens (including phenoxy) is 1. The molecule has 0 aliphatic rings. The van der Waals surface area contributed by atoms with Crippen molar-refractivity contribution in [3.05, 3.63) is 85.1 Å². The molecule has 0 saturated heterocycles. The minimum atomic E-state index is -0.448. The van der Waals surface area contributed by atoms with Gasteiger partial charge >= 0.3 is 5.69 Å². The van der Waals surface area contributed by atoms with E-state index in [9.17, 15) is 14.9 Å². The van der Waals surface area contributed by atoms with Gasteiger partial charge in [-0.3, -0.25) is 19.6 Å². The number of benzene rings is 2. The van der Waals surface area contributed by atoms with Gasteiger partial charge in [0.2, 0.25) is 0 Å². The van der Waals surface area contributed by atoms with Gasteiger partial charge in [-0.05, 0) is 43.7 Å². The molecule has 1 N–H and O–H groups in total. The molecule has 1 aromatic heterocycles. The molecule has 0 atom stereocenters.